The number of amides is 2. The number of rotatable bonds is 7. The Morgan fingerprint density at radius 1 is 0.977 bits per heavy atom. The predicted octanol–water partition coefficient (Wildman–Crippen LogP) is 5.08. The molecule has 3 heterocycles. The van der Waals surface area contributed by atoms with Gasteiger partial charge in [0.05, 0.1) is 28.2 Å². The van der Waals surface area contributed by atoms with Gasteiger partial charge in [0.15, 0.2) is 5.82 Å². The molecule has 0 saturated heterocycles. The van der Waals surface area contributed by atoms with Gasteiger partial charge in [-0.25, -0.2) is 14.1 Å². The number of halogens is 8. The van der Waals surface area contributed by atoms with Crippen LogP contribution in [0.25, 0.3) is 5.82 Å². The minimum atomic E-state index is -6.38. The van der Waals surface area contributed by atoms with Crippen molar-refractivity contribution in [1.82, 2.24) is 35.1 Å². The summed E-state index contributed by atoms with van der Waals surface area (Å²) in [5.41, 5.74) is -6.62. The summed E-state index contributed by atoms with van der Waals surface area (Å²) in [6.45, 7) is 2.72. The molecule has 1 aromatic carbocycles. The average Bonchev–Trinajstić information content (AvgIpc) is 3.55. The van der Waals surface area contributed by atoms with E-state index in [1.54, 1.807) is 26.0 Å². The largest absolute Gasteiger partial charge is 0.437 e. The van der Waals surface area contributed by atoms with Gasteiger partial charge in [0, 0.05) is 13.2 Å². The van der Waals surface area contributed by atoms with Crippen LogP contribution in [0.2, 0.25) is 5.02 Å². The quantitative estimate of drug-likeness (QED) is 0.274. The Labute approximate surface area is 242 Å². The van der Waals surface area contributed by atoms with Crippen LogP contribution >= 0.6 is 11.6 Å². The van der Waals surface area contributed by atoms with Crippen molar-refractivity contribution in [2.45, 2.75) is 38.4 Å². The summed E-state index contributed by atoms with van der Waals surface area (Å²) in [5.74, 6) is -1.38. The van der Waals surface area contributed by atoms with Gasteiger partial charge in [-0.15, -0.1) is 0 Å². The highest BCUT2D eigenvalue weighted by Gasteiger charge is 2.75. The second kappa shape index (κ2) is 11.3. The third kappa shape index (κ3) is 5.89. The third-order valence-electron chi connectivity index (χ3n) is 6.10. The molecule has 43 heavy (non-hydrogen) atoms. The summed E-state index contributed by atoms with van der Waals surface area (Å²) in [5, 5.41) is 15.7. The van der Waals surface area contributed by atoms with Gasteiger partial charge in [0.2, 0.25) is 0 Å². The summed E-state index contributed by atoms with van der Waals surface area (Å²) < 4.78 is 94.3. The highest BCUT2D eigenvalue weighted by atomic mass is 35.5. The Balaban J connectivity index is 1.76. The number of benzene rings is 1. The highest BCUT2D eigenvalue weighted by Crippen LogP contribution is 2.52. The third-order valence-corrected chi connectivity index (χ3v) is 6.39. The normalized spacial score (nSPS) is 12.3. The van der Waals surface area contributed by atoms with Crippen molar-refractivity contribution in [2.75, 3.05) is 12.4 Å². The molecule has 2 N–H and O–H groups in total. The standard InChI is InChI=1S/C25H20ClF7N8O2/c1-12-7-13(2)19(15(8-12)21(42)34-3)37-22(43)17-9-14(38-41(17)20-16(26)5-4-6-35-20)11-40-36-10-18(39-40)23(27,24(28,29)30)25(31,32)33/h4-10H,11H2,1-3H3,(H,34,42)(H,37,43). The Kier molecular flexibility index (Phi) is 8.23. The van der Waals surface area contributed by atoms with Gasteiger partial charge >= 0.3 is 18.0 Å². The number of hydrogen-bond acceptors (Lipinski definition) is 6. The van der Waals surface area contributed by atoms with Crippen LogP contribution in [0.1, 0.15) is 43.4 Å². The average molecular weight is 633 g/mol. The molecule has 0 spiro atoms. The molecular formula is C25H20ClF7N8O2. The number of anilines is 1. The molecule has 0 saturated carbocycles. The zero-order valence-corrected chi connectivity index (χ0v) is 23.0. The van der Waals surface area contributed by atoms with Crippen molar-refractivity contribution in [2.24, 2.45) is 0 Å². The van der Waals surface area contributed by atoms with E-state index in [1.807, 2.05) is 0 Å². The minimum absolute atomic E-state index is 0.00167. The van der Waals surface area contributed by atoms with Crippen LogP contribution < -0.4 is 10.6 Å². The van der Waals surface area contributed by atoms with Crippen molar-refractivity contribution < 1.29 is 40.3 Å². The molecule has 18 heteroatoms. The van der Waals surface area contributed by atoms with E-state index in [2.05, 4.69) is 30.9 Å². The Morgan fingerprint density at radius 3 is 2.26 bits per heavy atom. The number of alkyl halides is 7. The smallest absolute Gasteiger partial charge is 0.355 e. The van der Waals surface area contributed by atoms with Gasteiger partial charge in [0.1, 0.15) is 17.9 Å². The van der Waals surface area contributed by atoms with Crippen LogP contribution in [0.4, 0.5) is 36.4 Å². The molecule has 0 unspecified atom stereocenters. The number of aryl methyl sites for hydroxylation is 2. The van der Waals surface area contributed by atoms with E-state index in [0.717, 1.165) is 16.3 Å². The SMILES string of the molecule is CNC(=O)c1cc(C)cc(C)c1NC(=O)c1cc(Cn2ncc(C(F)(C(F)(F)F)C(F)(F)F)n2)nn1-c1ncccc1Cl. The molecule has 10 nitrogen and oxygen atoms in total. The molecule has 0 fully saturated rings. The van der Waals surface area contributed by atoms with E-state index >= 15 is 0 Å². The predicted molar refractivity (Wildman–Crippen MR) is 138 cm³/mol. The van der Waals surface area contributed by atoms with Crippen LogP contribution in [-0.4, -0.2) is 61.0 Å². The number of pyridine rings is 1. The minimum Gasteiger partial charge on any atom is -0.355 e. The molecule has 2 amide bonds. The van der Waals surface area contributed by atoms with E-state index in [-0.39, 0.29) is 39.7 Å². The van der Waals surface area contributed by atoms with E-state index in [1.165, 1.54) is 25.4 Å². The van der Waals surface area contributed by atoms with Crippen LogP contribution in [0.3, 0.4) is 0 Å². The zero-order valence-electron chi connectivity index (χ0n) is 22.3. The molecule has 0 aliphatic rings. The van der Waals surface area contributed by atoms with Crippen molar-refractivity contribution in [3.05, 3.63) is 81.5 Å². The van der Waals surface area contributed by atoms with Crippen LogP contribution in [0.5, 0.6) is 0 Å². The number of aromatic nitrogens is 6. The molecular weight excluding hydrogens is 613 g/mol. The van der Waals surface area contributed by atoms with E-state index in [9.17, 15) is 40.3 Å². The second-order valence-electron chi connectivity index (χ2n) is 9.19. The fourth-order valence-corrected chi connectivity index (χ4v) is 4.32. The molecule has 0 atom stereocenters. The first kappa shape index (κ1) is 31.4. The maximum atomic E-state index is 14.4. The molecule has 4 aromatic rings. The van der Waals surface area contributed by atoms with Gasteiger partial charge < -0.3 is 10.6 Å². The van der Waals surface area contributed by atoms with Gasteiger partial charge in [0.25, 0.3) is 11.8 Å². The van der Waals surface area contributed by atoms with Crippen LogP contribution in [0, 0.1) is 13.8 Å². The summed E-state index contributed by atoms with van der Waals surface area (Å²) in [7, 11) is 1.40. The van der Waals surface area contributed by atoms with Crippen molar-refractivity contribution in [1.29, 1.82) is 0 Å². The van der Waals surface area contributed by atoms with Gasteiger partial charge in [-0.2, -0.15) is 46.4 Å². The fourth-order valence-electron chi connectivity index (χ4n) is 4.12. The molecule has 4 rings (SSSR count). The van der Waals surface area contributed by atoms with Gasteiger partial charge in [-0.3, -0.25) is 9.59 Å². The van der Waals surface area contributed by atoms with Gasteiger partial charge in [-0.05, 0) is 49.2 Å². The first-order valence-electron chi connectivity index (χ1n) is 12.1. The highest BCUT2D eigenvalue weighted by molar-refractivity contribution is 6.32. The van der Waals surface area contributed by atoms with Crippen molar-refractivity contribution in [3.63, 3.8) is 0 Å². The lowest BCUT2D eigenvalue weighted by molar-refractivity contribution is -0.350. The number of nitrogens with zero attached hydrogens (tertiary/aromatic N) is 6. The van der Waals surface area contributed by atoms with Crippen LogP contribution in [0.15, 0.2) is 42.7 Å². The molecule has 0 bridgehead atoms. The summed E-state index contributed by atoms with van der Waals surface area (Å²) in [6, 6.07) is 7.31. The monoisotopic (exact) mass is 632 g/mol. The molecule has 0 aliphatic heterocycles. The first-order valence-corrected chi connectivity index (χ1v) is 12.4. The second-order valence-corrected chi connectivity index (χ2v) is 9.60. The Hall–Kier alpha value is -4.54. The maximum absolute atomic E-state index is 14.4. The molecule has 0 radical (unpaired) electrons. The van der Waals surface area contributed by atoms with E-state index < -0.39 is 42.1 Å². The maximum Gasteiger partial charge on any atom is 0.437 e. The zero-order chi connectivity index (χ0) is 31.9. The summed E-state index contributed by atoms with van der Waals surface area (Å²) >= 11 is 6.24. The Bertz CT molecular complexity index is 1680. The van der Waals surface area contributed by atoms with E-state index in [4.69, 9.17) is 11.6 Å². The number of carbonyl (C=O) groups excluding carboxylic acids is 2. The van der Waals surface area contributed by atoms with E-state index in [0.29, 0.717) is 10.4 Å². The summed E-state index contributed by atoms with van der Waals surface area (Å²) in [4.78, 5) is 30.5. The van der Waals surface area contributed by atoms with Crippen molar-refractivity contribution >= 4 is 29.1 Å². The Morgan fingerprint density at radius 2 is 1.65 bits per heavy atom. The lowest BCUT2D eigenvalue weighted by Crippen LogP contribution is -2.50. The number of hydrogen-bond donors (Lipinski definition) is 2. The molecule has 228 valence electrons. The lowest BCUT2D eigenvalue weighted by Gasteiger charge is -2.27. The molecule has 3 aromatic heterocycles. The lowest BCUT2D eigenvalue weighted by atomic mass is 10.0. The molecule has 0 aliphatic carbocycles. The first-order chi connectivity index (χ1) is 20.0. The fraction of sp³-hybridized carbons (Fsp3) is 0.280. The number of carbonyl (C=O) groups is 2. The topological polar surface area (TPSA) is 120 Å². The number of nitrogens with one attached hydrogen (secondary N) is 2. The van der Waals surface area contributed by atoms with Crippen LogP contribution in [-0.2, 0) is 12.2 Å². The summed E-state index contributed by atoms with van der Waals surface area (Å²) in [6.07, 6.45) is -11.4. The van der Waals surface area contributed by atoms with Crippen molar-refractivity contribution in [3.8, 4) is 5.82 Å². The van der Waals surface area contributed by atoms with Gasteiger partial charge in [-0.1, -0.05) is 17.7 Å².